The van der Waals surface area contributed by atoms with E-state index in [-0.39, 0.29) is 5.82 Å². The fourth-order valence-electron chi connectivity index (χ4n) is 3.43. The molecule has 0 bridgehead atoms. The van der Waals surface area contributed by atoms with Gasteiger partial charge in [0.2, 0.25) is 0 Å². The van der Waals surface area contributed by atoms with Crippen molar-refractivity contribution in [2.24, 2.45) is 23.5 Å². The first kappa shape index (κ1) is 16.4. The van der Waals surface area contributed by atoms with Crippen LogP contribution in [0.4, 0.5) is 4.39 Å². The summed E-state index contributed by atoms with van der Waals surface area (Å²) in [5.74, 6) is 1.77. The van der Waals surface area contributed by atoms with E-state index in [1.165, 1.54) is 25.0 Å². The van der Waals surface area contributed by atoms with E-state index in [2.05, 4.69) is 20.8 Å². The summed E-state index contributed by atoms with van der Waals surface area (Å²) >= 11 is 0. The third-order valence-electron chi connectivity index (χ3n) is 4.80. The average Bonchev–Trinajstić information content (AvgIpc) is 2.45. The minimum atomic E-state index is -0.231. The van der Waals surface area contributed by atoms with E-state index in [1.54, 1.807) is 6.07 Å². The first-order chi connectivity index (χ1) is 10.0. The monoisotopic (exact) mass is 293 g/mol. The van der Waals surface area contributed by atoms with Gasteiger partial charge in [0.05, 0.1) is 12.7 Å². The average molecular weight is 293 g/mol. The zero-order chi connectivity index (χ0) is 15.4. The molecule has 1 aromatic carbocycles. The maximum Gasteiger partial charge on any atom is 0.123 e. The minimum Gasteiger partial charge on any atom is -0.373 e. The Hall–Kier alpha value is -0.930. The van der Waals surface area contributed by atoms with E-state index in [0.717, 1.165) is 23.5 Å². The van der Waals surface area contributed by atoms with Crippen molar-refractivity contribution in [1.82, 2.24) is 0 Å². The van der Waals surface area contributed by atoms with Crippen molar-refractivity contribution in [3.63, 3.8) is 0 Å². The van der Waals surface area contributed by atoms with Gasteiger partial charge >= 0.3 is 0 Å². The topological polar surface area (TPSA) is 35.2 Å². The summed E-state index contributed by atoms with van der Waals surface area (Å²) in [7, 11) is 0. The number of benzene rings is 1. The summed E-state index contributed by atoms with van der Waals surface area (Å²) in [5.41, 5.74) is 7.56. The molecule has 0 aromatic heterocycles. The van der Waals surface area contributed by atoms with Gasteiger partial charge in [-0.05, 0) is 53.9 Å². The van der Waals surface area contributed by atoms with E-state index in [1.807, 2.05) is 0 Å². The molecule has 3 unspecified atom stereocenters. The van der Waals surface area contributed by atoms with Crippen molar-refractivity contribution in [2.45, 2.75) is 59.3 Å². The molecule has 0 aliphatic heterocycles. The molecule has 2 N–H and O–H groups in total. The molecule has 0 spiro atoms. The molecule has 1 saturated carbocycles. The molecular weight excluding hydrogens is 265 g/mol. The van der Waals surface area contributed by atoms with E-state index < -0.39 is 0 Å². The van der Waals surface area contributed by atoms with Crippen LogP contribution in [0.1, 0.15) is 51.2 Å². The second-order valence-corrected chi connectivity index (χ2v) is 6.79. The molecule has 1 fully saturated rings. The summed E-state index contributed by atoms with van der Waals surface area (Å²) in [4.78, 5) is 0. The molecule has 0 saturated heterocycles. The molecule has 21 heavy (non-hydrogen) atoms. The summed E-state index contributed by atoms with van der Waals surface area (Å²) in [6, 6.07) is 4.80. The zero-order valence-corrected chi connectivity index (χ0v) is 13.4. The Bertz CT molecular complexity index is 461. The van der Waals surface area contributed by atoms with Crippen molar-refractivity contribution in [1.29, 1.82) is 0 Å². The van der Waals surface area contributed by atoms with Gasteiger partial charge in [0.25, 0.3) is 0 Å². The SMILES string of the molecule is CC1CCC(C(C)C)C(OCc2ccc(F)cc2CN)C1. The fraction of sp³-hybridized carbons (Fsp3) is 0.667. The van der Waals surface area contributed by atoms with Gasteiger partial charge in [0.1, 0.15) is 5.82 Å². The molecule has 0 radical (unpaired) electrons. The molecule has 1 aromatic rings. The Balaban J connectivity index is 2.03. The van der Waals surface area contributed by atoms with Crippen LogP contribution in [0.5, 0.6) is 0 Å². The van der Waals surface area contributed by atoms with Crippen LogP contribution in [-0.4, -0.2) is 6.10 Å². The third-order valence-corrected chi connectivity index (χ3v) is 4.80. The van der Waals surface area contributed by atoms with Gasteiger partial charge in [-0.15, -0.1) is 0 Å². The second-order valence-electron chi connectivity index (χ2n) is 6.79. The predicted octanol–water partition coefficient (Wildman–Crippen LogP) is 4.26. The Labute approximate surface area is 127 Å². The van der Waals surface area contributed by atoms with Gasteiger partial charge in [0, 0.05) is 6.54 Å². The van der Waals surface area contributed by atoms with Crippen LogP contribution < -0.4 is 5.73 Å². The van der Waals surface area contributed by atoms with Crippen LogP contribution >= 0.6 is 0 Å². The summed E-state index contributed by atoms with van der Waals surface area (Å²) < 4.78 is 19.5. The zero-order valence-electron chi connectivity index (χ0n) is 13.4. The fourth-order valence-corrected chi connectivity index (χ4v) is 3.43. The number of nitrogens with two attached hydrogens (primary N) is 1. The van der Waals surface area contributed by atoms with Gasteiger partial charge in [0.15, 0.2) is 0 Å². The Morgan fingerprint density at radius 1 is 1.29 bits per heavy atom. The maximum absolute atomic E-state index is 13.3. The van der Waals surface area contributed by atoms with Crippen LogP contribution in [0, 0.1) is 23.6 Å². The number of hydrogen-bond acceptors (Lipinski definition) is 2. The predicted molar refractivity (Wildman–Crippen MR) is 84.2 cm³/mol. The normalized spacial score (nSPS) is 26.3. The molecular formula is C18H28FNO. The molecule has 3 atom stereocenters. The Morgan fingerprint density at radius 2 is 2.05 bits per heavy atom. The lowest BCUT2D eigenvalue weighted by molar-refractivity contribution is -0.0474. The molecule has 2 rings (SSSR count). The van der Waals surface area contributed by atoms with E-state index in [0.29, 0.717) is 31.1 Å². The molecule has 1 aliphatic carbocycles. The first-order valence-corrected chi connectivity index (χ1v) is 8.10. The van der Waals surface area contributed by atoms with E-state index in [4.69, 9.17) is 10.5 Å². The minimum absolute atomic E-state index is 0.231. The Morgan fingerprint density at radius 3 is 2.71 bits per heavy atom. The van der Waals surface area contributed by atoms with Crippen LogP contribution in [0.3, 0.4) is 0 Å². The summed E-state index contributed by atoms with van der Waals surface area (Å²) in [5, 5.41) is 0. The van der Waals surface area contributed by atoms with Crippen molar-refractivity contribution >= 4 is 0 Å². The quantitative estimate of drug-likeness (QED) is 0.880. The molecule has 3 heteroatoms. The number of ether oxygens (including phenoxy) is 1. The highest BCUT2D eigenvalue weighted by Crippen LogP contribution is 2.35. The third kappa shape index (κ3) is 4.27. The van der Waals surface area contributed by atoms with Gasteiger partial charge in [-0.3, -0.25) is 0 Å². The van der Waals surface area contributed by atoms with Crippen LogP contribution in [-0.2, 0) is 17.9 Å². The van der Waals surface area contributed by atoms with Crippen molar-refractivity contribution in [3.8, 4) is 0 Å². The van der Waals surface area contributed by atoms with Crippen molar-refractivity contribution < 1.29 is 9.13 Å². The van der Waals surface area contributed by atoms with Crippen molar-refractivity contribution in [2.75, 3.05) is 0 Å². The number of rotatable bonds is 5. The lowest BCUT2D eigenvalue weighted by Crippen LogP contribution is -2.34. The molecule has 0 amide bonds. The van der Waals surface area contributed by atoms with Crippen LogP contribution in [0.15, 0.2) is 18.2 Å². The lowest BCUT2D eigenvalue weighted by Gasteiger charge is -2.37. The summed E-state index contributed by atoms with van der Waals surface area (Å²) in [6.07, 6.45) is 3.98. The van der Waals surface area contributed by atoms with Gasteiger partial charge in [-0.25, -0.2) is 4.39 Å². The smallest absolute Gasteiger partial charge is 0.123 e. The molecule has 2 nitrogen and oxygen atoms in total. The summed E-state index contributed by atoms with van der Waals surface area (Å²) in [6.45, 7) is 7.75. The van der Waals surface area contributed by atoms with Crippen molar-refractivity contribution in [3.05, 3.63) is 35.1 Å². The highest BCUT2D eigenvalue weighted by atomic mass is 19.1. The maximum atomic E-state index is 13.3. The Kier molecular flexibility index (Phi) is 5.77. The van der Waals surface area contributed by atoms with E-state index in [9.17, 15) is 4.39 Å². The standard InChI is InChI=1S/C18H28FNO/c1-12(2)17-7-4-13(3)8-18(17)21-11-14-5-6-16(19)9-15(14)10-20/h5-6,9,12-13,17-18H,4,7-8,10-11,20H2,1-3H3. The van der Waals surface area contributed by atoms with Gasteiger partial charge < -0.3 is 10.5 Å². The van der Waals surface area contributed by atoms with E-state index >= 15 is 0 Å². The lowest BCUT2D eigenvalue weighted by atomic mass is 9.75. The van der Waals surface area contributed by atoms with Crippen LogP contribution in [0.2, 0.25) is 0 Å². The van der Waals surface area contributed by atoms with Gasteiger partial charge in [-0.2, -0.15) is 0 Å². The molecule has 0 heterocycles. The number of hydrogen-bond donors (Lipinski definition) is 1. The first-order valence-electron chi connectivity index (χ1n) is 8.10. The largest absolute Gasteiger partial charge is 0.373 e. The highest BCUT2D eigenvalue weighted by molar-refractivity contribution is 5.27. The molecule has 118 valence electrons. The second kappa shape index (κ2) is 7.37. The number of halogens is 1. The van der Waals surface area contributed by atoms with Crippen LogP contribution in [0.25, 0.3) is 0 Å². The van der Waals surface area contributed by atoms with Gasteiger partial charge in [-0.1, -0.05) is 33.3 Å². The molecule has 1 aliphatic rings. The highest BCUT2D eigenvalue weighted by Gasteiger charge is 2.31.